The summed E-state index contributed by atoms with van der Waals surface area (Å²) in [6, 6.07) is 0. The quantitative estimate of drug-likeness (QED) is 0.684. The number of carboxylic acids is 1. The number of aliphatic carboxylic acids is 1. The lowest BCUT2D eigenvalue weighted by Crippen LogP contribution is -2.55. The van der Waals surface area contributed by atoms with E-state index in [1.807, 2.05) is 0 Å². The summed E-state index contributed by atoms with van der Waals surface area (Å²) in [6.45, 7) is 2.20. The maximum absolute atomic E-state index is 11.3. The van der Waals surface area contributed by atoms with Gasteiger partial charge >= 0.3 is 5.97 Å². The number of rotatable bonds is 2. The number of carbonyl (C=O) groups is 1. The topological polar surface area (TPSA) is 58.6 Å². The summed E-state index contributed by atoms with van der Waals surface area (Å²) >= 11 is 0. The van der Waals surface area contributed by atoms with Crippen molar-refractivity contribution in [2.24, 2.45) is 5.92 Å². The van der Waals surface area contributed by atoms with Gasteiger partial charge in [-0.1, -0.05) is 0 Å². The lowest BCUT2D eigenvalue weighted by atomic mass is 9.79. The standard InChI is InChI=1S/C10H17NO3/c12-9(13)10(4-2-5-11-10)8-3-1-6-14-7-8/h8,11H,1-7H2,(H,12,13). The molecule has 2 fully saturated rings. The van der Waals surface area contributed by atoms with Crippen LogP contribution in [0.15, 0.2) is 0 Å². The average molecular weight is 199 g/mol. The highest BCUT2D eigenvalue weighted by Gasteiger charge is 2.48. The molecule has 0 saturated carbocycles. The third kappa shape index (κ3) is 1.53. The molecule has 2 aliphatic rings. The maximum atomic E-state index is 11.3. The number of hydrogen-bond acceptors (Lipinski definition) is 3. The van der Waals surface area contributed by atoms with Crippen LogP contribution in [-0.2, 0) is 9.53 Å². The van der Waals surface area contributed by atoms with E-state index in [0.29, 0.717) is 6.61 Å². The Labute approximate surface area is 83.6 Å². The number of carboxylic acid groups (broad SMARTS) is 1. The Kier molecular flexibility index (Phi) is 2.74. The molecule has 4 heteroatoms. The van der Waals surface area contributed by atoms with Gasteiger partial charge in [0.05, 0.1) is 6.61 Å². The molecule has 2 N–H and O–H groups in total. The van der Waals surface area contributed by atoms with Crippen LogP contribution >= 0.6 is 0 Å². The van der Waals surface area contributed by atoms with Crippen LogP contribution in [0, 0.1) is 5.92 Å². The molecular formula is C10H17NO3. The summed E-state index contributed by atoms with van der Waals surface area (Å²) in [5, 5.41) is 12.5. The van der Waals surface area contributed by atoms with Crippen LogP contribution in [0.5, 0.6) is 0 Å². The zero-order chi connectivity index (χ0) is 10.0. The van der Waals surface area contributed by atoms with Crippen LogP contribution in [0.25, 0.3) is 0 Å². The Morgan fingerprint density at radius 3 is 2.86 bits per heavy atom. The van der Waals surface area contributed by atoms with E-state index < -0.39 is 11.5 Å². The minimum absolute atomic E-state index is 0.149. The number of nitrogens with one attached hydrogen (secondary N) is 1. The predicted molar refractivity (Wildman–Crippen MR) is 51.1 cm³/mol. The summed E-state index contributed by atoms with van der Waals surface area (Å²) in [4.78, 5) is 11.3. The summed E-state index contributed by atoms with van der Waals surface area (Å²) in [6.07, 6.45) is 3.67. The first-order valence-electron chi connectivity index (χ1n) is 5.32. The molecule has 4 nitrogen and oxygen atoms in total. The predicted octanol–water partition coefficient (Wildman–Crippen LogP) is 0.620. The smallest absolute Gasteiger partial charge is 0.324 e. The molecule has 80 valence electrons. The first-order valence-corrected chi connectivity index (χ1v) is 5.32. The minimum atomic E-state index is -0.703. The highest BCUT2D eigenvalue weighted by atomic mass is 16.5. The Balaban J connectivity index is 2.12. The number of hydrogen-bond donors (Lipinski definition) is 2. The summed E-state index contributed by atoms with van der Waals surface area (Å²) in [5.74, 6) is -0.554. The van der Waals surface area contributed by atoms with E-state index >= 15 is 0 Å². The third-order valence-electron chi connectivity index (χ3n) is 3.43. The second-order valence-electron chi connectivity index (χ2n) is 4.22. The molecule has 2 aliphatic heterocycles. The van der Waals surface area contributed by atoms with E-state index in [2.05, 4.69) is 5.32 Å². The lowest BCUT2D eigenvalue weighted by Gasteiger charge is -2.36. The van der Waals surface area contributed by atoms with Gasteiger partial charge in [0.1, 0.15) is 5.54 Å². The molecule has 2 heterocycles. The van der Waals surface area contributed by atoms with Crippen LogP contribution in [0.1, 0.15) is 25.7 Å². The van der Waals surface area contributed by atoms with Gasteiger partial charge in [0.25, 0.3) is 0 Å². The first-order chi connectivity index (χ1) is 6.76. The van der Waals surface area contributed by atoms with Crippen LogP contribution in [0.2, 0.25) is 0 Å². The summed E-state index contributed by atoms with van der Waals surface area (Å²) in [7, 11) is 0. The fourth-order valence-electron chi connectivity index (χ4n) is 2.60. The van der Waals surface area contributed by atoms with E-state index in [4.69, 9.17) is 4.74 Å². The normalized spacial score (nSPS) is 38.4. The molecular weight excluding hydrogens is 182 g/mol. The molecule has 2 saturated heterocycles. The van der Waals surface area contributed by atoms with Crippen molar-refractivity contribution in [2.45, 2.75) is 31.2 Å². The van der Waals surface area contributed by atoms with Crippen molar-refractivity contribution < 1.29 is 14.6 Å². The summed E-state index contributed by atoms with van der Waals surface area (Å²) in [5.41, 5.74) is -0.694. The van der Waals surface area contributed by atoms with E-state index in [1.54, 1.807) is 0 Å². The average Bonchev–Trinajstić information content (AvgIpc) is 2.69. The minimum Gasteiger partial charge on any atom is -0.480 e. The molecule has 2 unspecified atom stereocenters. The van der Waals surface area contributed by atoms with Crippen LogP contribution in [-0.4, -0.2) is 36.4 Å². The largest absolute Gasteiger partial charge is 0.480 e. The van der Waals surface area contributed by atoms with Crippen molar-refractivity contribution >= 4 is 5.97 Å². The molecule has 0 radical (unpaired) electrons. The maximum Gasteiger partial charge on any atom is 0.324 e. The van der Waals surface area contributed by atoms with Gasteiger partial charge in [-0.25, -0.2) is 0 Å². The van der Waals surface area contributed by atoms with E-state index in [1.165, 1.54) is 0 Å². The second kappa shape index (κ2) is 3.87. The van der Waals surface area contributed by atoms with Gasteiger partial charge in [-0.05, 0) is 32.2 Å². The fourth-order valence-corrected chi connectivity index (χ4v) is 2.60. The monoisotopic (exact) mass is 199 g/mol. The van der Waals surface area contributed by atoms with Gasteiger partial charge in [0, 0.05) is 12.5 Å². The van der Waals surface area contributed by atoms with Crippen molar-refractivity contribution in [3.8, 4) is 0 Å². The van der Waals surface area contributed by atoms with Gasteiger partial charge in [0.2, 0.25) is 0 Å². The molecule has 2 atom stereocenters. The zero-order valence-corrected chi connectivity index (χ0v) is 8.29. The molecule has 0 aromatic carbocycles. The van der Waals surface area contributed by atoms with Crippen LogP contribution in [0.3, 0.4) is 0 Å². The van der Waals surface area contributed by atoms with Crippen molar-refractivity contribution in [1.29, 1.82) is 0 Å². The van der Waals surface area contributed by atoms with Gasteiger partial charge in [-0.15, -0.1) is 0 Å². The Hall–Kier alpha value is -0.610. The molecule has 0 aliphatic carbocycles. The zero-order valence-electron chi connectivity index (χ0n) is 8.29. The van der Waals surface area contributed by atoms with Crippen molar-refractivity contribution in [2.75, 3.05) is 19.8 Å². The van der Waals surface area contributed by atoms with E-state index in [0.717, 1.165) is 38.8 Å². The number of ether oxygens (including phenoxy) is 1. The lowest BCUT2D eigenvalue weighted by molar-refractivity contribution is -0.149. The van der Waals surface area contributed by atoms with E-state index in [-0.39, 0.29) is 5.92 Å². The highest BCUT2D eigenvalue weighted by molar-refractivity contribution is 5.79. The molecule has 0 aromatic rings. The highest BCUT2D eigenvalue weighted by Crippen LogP contribution is 2.33. The third-order valence-corrected chi connectivity index (χ3v) is 3.43. The van der Waals surface area contributed by atoms with Gasteiger partial charge in [-0.2, -0.15) is 0 Å². The van der Waals surface area contributed by atoms with Gasteiger partial charge in [-0.3, -0.25) is 4.79 Å². The van der Waals surface area contributed by atoms with E-state index in [9.17, 15) is 9.90 Å². The molecule has 2 rings (SSSR count). The Morgan fingerprint density at radius 2 is 2.36 bits per heavy atom. The molecule has 0 amide bonds. The summed E-state index contributed by atoms with van der Waals surface area (Å²) < 4.78 is 5.37. The Bertz CT molecular complexity index is 217. The van der Waals surface area contributed by atoms with Gasteiger partial charge < -0.3 is 15.2 Å². The van der Waals surface area contributed by atoms with Gasteiger partial charge in [0.15, 0.2) is 0 Å². The van der Waals surface area contributed by atoms with Crippen molar-refractivity contribution in [3.05, 3.63) is 0 Å². The van der Waals surface area contributed by atoms with Crippen molar-refractivity contribution in [3.63, 3.8) is 0 Å². The molecule has 0 aromatic heterocycles. The Morgan fingerprint density at radius 1 is 1.50 bits per heavy atom. The van der Waals surface area contributed by atoms with Crippen LogP contribution in [0.4, 0.5) is 0 Å². The molecule has 0 spiro atoms. The fraction of sp³-hybridized carbons (Fsp3) is 0.900. The first kappa shape index (κ1) is 9.93. The van der Waals surface area contributed by atoms with Crippen molar-refractivity contribution in [1.82, 2.24) is 5.32 Å². The SMILES string of the molecule is O=C(O)C1(C2CCCOC2)CCCN1. The molecule has 14 heavy (non-hydrogen) atoms. The van der Waals surface area contributed by atoms with Crippen LogP contribution < -0.4 is 5.32 Å². The molecule has 0 bridgehead atoms. The second-order valence-corrected chi connectivity index (χ2v) is 4.22.